The van der Waals surface area contributed by atoms with Crippen LogP contribution >= 0.6 is 0 Å². The van der Waals surface area contributed by atoms with E-state index in [1.165, 1.54) is 18.2 Å². The number of aromatic nitrogens is 3. The number of benzene rings is 2. The highest BCUT2D eigenvalue weighted by Gasteiger charge is 2.11. The first-order valence-electron chi connectivity index (χ1n) is 10.7. The van der Waals surface area contributed by atoms with Crippen molar-refractivity contribution in [3.05, 3.63) is 108 Å². The van der Waals surface area contributed by atoms with Gasteiger partial charge in [0.1, 0.15) is 5.69 Å². The molecule has 172 valence electrons. The predicted octanol–water partition coefficient (Wildman–Crippen LogP) is 3.73. The van der Waals surface area contributed by atoms with Crippen LogP contribution in [0.5, 0.6) is 0 Å². The quantitative estimate of drug-likeness (QED) is 0.395. The number of amides is 1. The Kier molecular flexibility index (Phi) is 6.98. The van der Waals surface area contributed by atoms with Crippen LogP contribution in [0, 0.1) is 0 Å². The van der Waals surface area contributed by atoms with E-state index in [0.29, 0.717) is 6.54 Å². The Bertz CT molecular complexity index is 1400. The molecule has 8 heteroatoms. The molecule has 4 aromatic rings. The molecule has 0 fully saturated rings. The zero-order valence-corrected chi connectivity index (χ0v) is 19.4. The van der Waals surface area contributed by atoms with E-state index in [9.17, 15) is 13.2 Å². The highest BCUT2D eigenvalue weighted by Crippen LogP contribution is 2.23. The summed E-state index contributed by atoms with van der Waals surface area (Å²) in [5.74, 6) is -0.264. The number of nitrogens with zero attached hydrogens (tertiary/aromatic N) is 3. The van der Waals surface area contributed by atoms with Crippen molar-refractivity contribution in [1.29, 1.82) is 0 Å². The lowest BCUT2D eigenvalue weighted by Crippen LogP contribution is -2.20. The molecular weight excluding hydrogens is 448 g/mol. The Morgan fingerprint density at radius 2 is 1.76 bits per heavy atom. The third-order valence-corrected chi connectivity index (χ3v) is 6.27. The average Bonchev–Trinajstić information content (AvgIpc) is 3.25. The van der Waals surface area contributed by atoms with Crippen LogP contribution < -0.4 is 5.32 Å². The minimum Gasteiger partial charge on any atom is -0.348 e. The predicted molar refractivity (Wildman–Crippen MR) is 131 cm³/mol. The van der Waals surface area contributed by atoms with E-state index in [0.717, 1.165) is 34.2 Å². The number of rotatable bonds is 8. The van der Waals surface area contributed by atoms with Crippen LogP contribution in [0.2, 0.25) is 0 Å². The summed E-state index contributed by atoms with van der Waals surface area (Å²) in [6, 6.07) is 20.3. The van der Waals surface area contributed by atoms with Crippen molar-refractivity contribution in [2.45, 2.75) is 18.0 Å². The minimum atomic E-state index is -3.25. The van der Waals surface area contributed by atoms with Crippen LogP contribution in [-0.2, 0) is 27.7 Å². The van der Waals surface area contributed by atoms with Gasteiger partial charge in [0.25, 0.3) is 0 Å². The second-order valence-corrected chi connectivity index (χ2v) is 9.84. The molecule has 4 rings (SSSR count). The minimum absolute atomic E-state index is 0.248. The zero-order chi connectivity index (χ0) is 24.0. The summed E-state index contributed by atoms with van der Waals surface area (Å²) < 4.78 is 25.0. The van der Waals surface area contributed by atoms with Gasteiger partial charge in [-0.1, -0.05) is 42.5 Å². The molecule has 0 aliphatic rings. The zero-order valence-electron chi connectivity index (χ0n) is 18.6. The molecule has 0 aliphatic heterocycles. The number of nitrogens with one attached hydrogen (secondary N) is 1. The summed E-state index contributed by atoms with van der Waals surface area (Å²) in [7, 11) is -3.25. The fourth-order valence-corrected chi connectivity index (χ4v) is 4.04. The van der Waals surface area contributed by atoms with E-state index >= 15 is 0 Å². The fraction of sp³-hybridized carbons (Fsp3) is 0.115. The molecule has 0 unspecified atom stereocenters. The van der Waals surface area contributed by atoms with Crippen LogP contribution in [0.3, 0.4) is 0 Å². The van der Waals surface area contributed by atoms with Crippen molar-refractivity contribution in [3.8, 4) is 11.3 Å². The number of carbonyl (C=O) groups is 1. The monoisotopic (exact) mass is 472 g/mol. The molecule has 0 saturated carbocycles. The first-order chi connectivity index (χ1) is 16.4. The normalized spacial score (nSPS) is 11.6. The lowest BCUT2D eigenvalue weighted by molar-refractivity contribution is -0.116. The maximum absolute atomic E-state index is 12.4. The molecule has 0 spiro atoms. The van der Waals surface area contributed by atoms with Gasteiger partial charge in [-0.2, -0.15) is 5.10 Å². The summed E-state index contributed by atoms with van der Waals surface area (Å²) in [5, 5.41) is 7.54. The van der Waals surface area contributed by atoms with E-state index in [4.69, 9.17) is 5.10 Å². The van der Waals surface area contributed by atoms with Gasteiger partial charge in [-0.25, -0.2) is 8.42 Å². The molecule has 34 heavy (non-hydrogen) atoms. The number of hydrogen-bond donors (Lipinski definition) is 1. The highest BCUT2D eigenvalue weighted by atomic mass is 32.2. The topological polar surface area (TPSA) is 94.0 Å². The van der Waals surface area contributed by atoms with Gasteiger partial charge >= 0.3 is 0 Å². The first kappa shape index (κ1) is 23.1. The van der Waals surface area contributed by atoms with Crippen LogP contribution in [-0.4, -0.2) is 35.3 Å². The van der Waals surface area contributed by atoms with Gasteiger partial charge < -0.3 is 5.32 Å². The standard InChI is InChI=1S/C26H24N4O3S/c1-34(32,33)24-12-9-20(10-13-24)16-28-25(31)14-11-23-19-30(18-21-6-3-2-4-7-21)29-26(23)22-8-5-15-27-17-22/h2-15,17,19H,16,18H2,1H3,(H,28,31)/b14-11+. The molecule has 0 radical (unpaired) electrons. The average molecular weight is 473 g/mol. The highest BCUT2D eigenvalue weighted by molar-refractivity contribution is 7.90. The third-order valence-electron chi connectivity index (χ3n) is 5.14. The van der Waals surface area contributed by atoms with Crippen molar-refractivity contribution in [1.82, 2.24) is 20.1 Å². The Balaban J connectivity index is 1.48. The van der Waals surface area contributed by atoms with Gasteiger partial charge in [0.15, 0.2) is 9.84 Å². The first-order valence-corrected chi connectivity index (χ1v) is 12.5. The smallest absolute Gasteiger partial charge is 0.244 e. The van der Waals surface area contributed by atoms with Gasteiger partial charge in [-0.15, -0.1) is 0 Å². The number of carbonyl (C=O) groups excluding carboxylic acids is 1. The summed E-state index contributed by atoms with van der Waals surface area (Å²) in [4.78, 5) is 16.9. The van der Waals surface area contributed by atoms with Crippen LogP contribution in [0.1, 0.15) is 16.7 Å². The number of pyridine rings is 1. The van der Waals surface area contributed by atoms with E-state index in [2.05, 4.69) is 10.3 Å². The number of hydrogen-bond acceptors (Lipinski definition) is 5. The van der Waals surface area contributed by atoms with Crippen LogP contribution in [0.25, 0.3) is 17.3 Å². The molecule has 0 aliphatic carbocycles. The molecule has 2 aromatic carbocycles. The van der Waals surface area contributed by atoms with Crippen molar-refractivity contribution in [3.63, 3.8) is 0 Å². The summed E-state index contributed by atoms with van der Waals surface area (Å²) in [6.07, 6.45) is 9.72. The largest absolute Gasteiger partial charge is 0.348 e. The molecule has 1 amide bonds. The third kappa shape index (κ3) is 6.05. The van der Waals surface area contributed by atoms with Gasteiger partial charge in [-0.3, -0.25) is 14.5 Å². The number of sulfone groups is 1. The van der Waals surface area contributed by atoms with Gasteiger partial charge in [0.05, 0.1) is 11.4 Å². The van der Waals surface area contributed by atoms with Crippen molar-refractivity contribution >= 4 is 21.8 Å². The second kappa shape index (κ2) is 10.3. The summed E-state index contributed by atoms with van der Waals surface area (Å²) in [6.45, 7) is 0.896. The van der Waals surface area contributed by atoms with Crippen molar-refractivity contribution in [2.24, 2.45) is 0 Å². The maximum atomic E-state index is 12.4. The van der Waals surface area contributed by atoms with Crippen molar-refractivity contribution in [2.75, 3.05) is 6.26 Å². The molecule has 2 heterocycles. The van der Waals surface area contributed by atoms with Crippen LogP contribution in [0.15, 0.2) is 96.3 Å². The van der Waals surface area contributed by atoms with Gasteiger partial charge in [-0.05, 0) is 41.5 Å². The Hall–Kier alpha value is -4.04. The SMILES string of the molecule is CS(=O)(=O)c1ccc(CNC(=O)/C=C/c2cn(Cc3ccccc3)nc2-c2cccnc2)cc1. The lowest BCUT2D eigenvalue weighted by Gasteiger charge is -2.04. The summed E-state index contributed by atoms with van der Waals surface area (Å²) in [5.41, 5.74) is 4.33. The Labute approximate surface area is 198 Å². The van der Waals surface area contributed by atoms with Crippen LogP contribution in [0.4, 0.5) is 0 Å². The molecule has 0 atom stereocenters. The Morgan fingerprint density at radius 3 is 2.44 bits per heavy atom. The molecule has 2 aromatic heterocycles. The maximum Gasteiger partial charge on any atom is 0.244 e. The second-order valence-electron chi connectivity index (χ2n) is 7.83. The van der Waals surface area contributed by atoms with Gasteiger partial charge in [0, 0.05) is 48.6 Å². The molecule has 0 saturated heterocycles. The van der Waals surface area contributed by atoms with E-state index in [1.54, 1.807) is 30.6 Å². The fourth-order valence-electron chi connectivity index (χ4n) is 3.41. The van der Waals surface area contributed by atoms with Crippen molar-refractivity contribution < 1.29 is 13.2 Å². The molecule has 7 nitrogen and oxygen atoms in total. The molecular formula is C26H24N4O3S. The van der Waals surface area contributed by atoms with E-state index < -0.39 is 9.84 Å². The molecule has 0 bridgehead atoms. The van der Waals surface area contributed by atoms with E-state index in [1.807, 2.05) is 53.3 Å². The molecule has 1 N–H and O–H groups in total. The lowest BCUT2D eigenvalue weighted by atomic mass is 10.1. The van der Waals surface area contributed by atoms with E-state index in [-0.39, 0.29) is 17.3 Å². The summed E-state index contributed by atoms with van der Waals surface area (Å²) >= 11 is 0. The van der Waals surface area contributed by atoms with Gasteiger partial charge in [0.2, 0.25) is 5.91 Å². The Morgan fingerprint density at radius 1 is 1.00 bits per heavy atom.